The molecule has 0 spiro atoms. The Bertz CT molecular complexity index is 474. The summed E-state index contributed by atoms with van der Waals surface area (Å²) in [5, 5.41) is 13.2. The number of nitrogens with zero attached hydrogens (tertiary/aromatic N) is 1. The van der Waals surface area contributed by atoms with Crippen LogP contribution in [0.3, 0.4) is 0 Å². The van der Waals surface area contributed by atoms with Crippen LogP contribution in [0.5, 0.6) is 5.75 Å². The summed E-state index contributed by atoms with van der Waals surface area (Å²) in [6, 6.07) is 10.6. The maximum Gasteiger partial charge on any atom is 0.138 e. The Kier molecular flexibility index (Phi) is 3.27. The molecule has 1 aromatic carbocycles. The Morgan fingerprint density at radius 2 is 2.12 bits per heavy atom. The maximum atomic E-state index is 9.57. The van der Waals surface area contributed by atoms with E-state index >= 15 is 0 Å². The topological polar surface area (TPSA) is 45.1 Å². The lowest BCUT2D eigenvalue weighted by Crippen LogP contribution is -2.01. The highest BCUT2D eigenvalue weighted by Crippen LogP contribution is 2.26. The second kappa shape index (κ2) is 4.86. The zero-order chi connectivity index (χ0) is 11.4. The lowest BCUT2D eigenvalue weighted by molar-refractivity contribution is 0.477. The highest BCUT2D eigenvalue weighted by Gasteiger charge is 2.01. The quantitative estimate of drug-likeness (QED) is 0.803. The third-order valence-electron chi connectivity index (χ3n) is 2.14. The molecule has 3 nitrogen and oxygen atoms in total. The largest absolute Gasteiger partial charge is 0.506 e. The Balaban J connectivity index is 2.08. The monoisotopic (exact) mass is 234 g/mol. The fourth-order valence-electron chi connectivity index (χ4n) is 1.34. The zero-order valence-electron chi connectivity index (χ0n) is 8.52. The van der Waals surface area contributed by atoms with E-state index in [-0.39, 0.29) is 5.75 Å². The van der Waals surface area contributed by atoms with Crippen molar-refractivity contribution in [1.82, 2.24) is 4.98 Å². The highest BCUT2D eigenvalue weighted by atomic mass is 35.5. The summed E-state index contributed by atoms with van der Waals surface area (Å²) in [4.78, 5) is 4.17. The first-order valence-corrected chi connectivity index (χ1v) is 5.26. The Morgan fingerprint density at radius 3 is 2.88 bits per heavy atom. The van der Waals surface area contributed by atoms with Gasteiger partial charge in [-0.25, -0.2) is 0 Å². The summed E-state index contributed by atoms with van der Waals surface area (Å²) >= 11 is 5.83. The molecule has 0 fully saturated rings. The van der Waals surface area contributed by atoms with E-state index in [9.17, 15) is 5.11 Å². The lowest BCUT2D eigenvalue weighted by atomic mass is 10.3. The summed E-state index contributed by atoms with van der Waals surface area (Å²) in [6.07, 6.45) is 1.73. The van der Waals surface area contributed by atoms with Crippen LogP contribution in [0.1, 0.15) is 5.69 Å². The normalized spacial score (nSPS) is 10.1. The number of aromatic hydroxyl groups is 1. The van der Waals surface area contributed by atoms with Gasteiger partial charge in [-0.05, 0) is 30.3 Å². The molecule has 0 atom stereocenters. The van der Waals surface area contributed by atoms with Crippen molar-refractivity contribution in [2.75, 3.05) is 5.32 Å². The summed E-state index contributed by atoms with van der Waals surface area (Å²) in [7, 11) is 0. The number of pyridine rings is 1. The first-order valence-electron chi connectivity index (χ1n) is 4.88. The second-order valence-electron chi connectivity index (χ2n) is 3.34. The molecule has 2 rings (SSSR count). The minimum Gasteiger partial charge on any atom is -0.506 e. The van der Waals surface area contributed by atoms with E-state index in [2.05, 4.69) is 10.3 Å². The van der Waals surface area contributed by atoms with Crippen LogP contribution in [0.2, 0.25) is 5.02 Å². The zero-order valence-corrected chi connectivity index (χ0v) is 9.28. The molecule has 2 aromatic rings. The van der Waals surface area contributed by atoms with Gasteiger partial charge >= 0.3 is 0 Å². The molecule has 0 aliphatic rings. The van der Waals surface area contributed by atoms with Crippen molar-refractivity contribution in [3.63, 3.8) is 0 Å². The number of halogens is 1. The van der Waals surface area contributed by atoms with Gasteiger partial charge in [-0.1, -0.05) is 17.7 Å². The van der Waals surface area contributed by atoms with Crippen molar-refractivity contribution >= 4 is 17.3 Å². The number of anilines is 1. The number of rotatable bonds is 3. The number of benzene rings is 1. The van der Waals surface area contributed by atoms with Crippen molar-refractivity contribution in [2.24, 2.45) is 0 Å². The molecule has 82 valence electrons. The second-order valence-corrected chi connectivity index (χ2v) is 3.77. The third-order valence-corrected chi connectivity index (χ3v) is 2.38. The Morgan fingerprint density at radius 1 is 1.25 bits per heavy atom. The predicted octanol–water partition coefficient (Wildman–Crippen LogP) is 3.05. The molecular formula is C12H11ClN2O. The molecule has 0 bridgehead atoms. The average molecular weight is 235 g/mol. The van der Waals surface area contributed by atoms with Gasteiger partial charge in [0.2, 0.25) is 0 Å². The standard InChI is InChI=1S/C12H11ClN2O/c13-9-4-5-12(16)11(7-9)15-8-10-3-1-2-6-14-10/h1-7,15-16H,8H2. The lowest BCUT2D eigenvalue weighted by Gasteiger charge is -2.08. The van der Waals surface area contributed by atoms with Gasteiger partial charge in [-0.3, -0.25) is 4.98 Å². The fourth-order valence-corrected chi connectivity index (χ4v) is 1.51. The van der Waals surface area contributed by atoms with E-state index in [0.29, 0.717) is 17.3 Å². The van der Waals surface area contributed by atoms with Crippen LogP contribution in [0.4, 0.5) is 5.69 Å². The summed E-state index contributed by atoms with van der Waals surface area (Å²) in [6.45, 7) is 0.550. The number of phenols is 1. The van der Waals surface area contributed by atoms with Gasteiger partial charge in [-0.2, -0.15) is 0 Å². The fraction of sp³-hybridized carbons (Fsp3) is 0.0833. The third kappa shape index (κ3) is 2.64. The molecule has 4 heteroatoms. The molecule has 0 amide bonds. The minimum atomic E-state index is 0.181. The van der Waals surface area contributed by atoms with Gasteiger partial charge in [0.15, 0.2) is 0 Å². The summed E-state index contributed by atoms with van der Waals surface area (Å²) in [5.41, 5.74) is 1.51. The van der Waals surface area contributed by atoms with Crippen molar-refractivity contribution in [3.05, 3.63) is 53.3 Å². The Labute approximate surface area is 98.7 Å². The van der Waals surface area contributed by atoms with Crippen LogP contribution in [0, 0.1) is 0 Å². The summed E-state index contributed by atoms with van der Waals surface area (Å²) < 4.78 is 0. The average Bonchev–Trinajstić information content (AvgIpc) is 2.32. The highest BCUT2D eigenvalue weighted by molar-refractivity contribution is 6.30. The molecule has 0 aliphatic carbocycles. The van der Waals surface area contributed by atoms with Gasteiger partial charge < -0.3 is 10.4 Å². The van der Waals surface area contributed by atoms with Crippen molar-refractivity contribution < 1.29 is 5.11 Å². The van der Waals surface area contributed by atoms with E-state index in [0.717, 1.165) is 5.69 Å². The van der Waals surface area contributed by atoms with Gasteiger partial charge in [0.05, 0.1) is 17.9 Å². The van der Waals surface area contributed by atoms with Crippen molar-refractivity contribution in [3.8, 4) is 5.75 Å². The van der Waals surface area contributed by atoms with Crippen LogP contribution < -0.4 is 5.32 Å². The molecule has 0 saturated heterocycles. The van der Waals surface area contributed by atoms with Crippen molar-refractivity contribution in [1.29, 1.82) is 0 Å². The summed E-state index contributed by atoms with van der Waals surface area (Å²) in [5.74, 6) is 0.181. The van der Waals surface area contributed by atoms with Gasteiger partial charge in [0, 0.05) is 11.2 Å². The molecule has 0 saturated carbocycles. The maximum absolute atomic E-state index is 9.57. The van der Waals surface area contributed by atoms with Gasteiger partial charge in [-0.15, -0.1) is 0 Å². The number of hydrogen-bond donors (Lipinski definition) is 2. The molecule has 1 aromatic heterocycles. The number of nitrogens with one attached hydrogen (secondary N) is 1. The molecular weight excluding hydrogens is 224 g/mol. The molecule has 0 radical (unpaired) electrons. The van der Waals surface area contributed by atoms with Gasteiger partial charge in [0.1, 0.15) is 5.75 Å². The number of phenolic OH excluding ortho intramolecular Hbond substituents is 1. The van der Waals surface area contributed by atoms with E-state index in [1.54, 1.807) is 24.4 Å². The molecule has 0 aliphatic heterocycles. The Hall–Kier alpha value is -1.74. The minimum absolute atomic E-state index is 0.181. The van der Waals surface area contributed by atoms with Crippen molar-refractivity contribution in [2.45, 2.75) is 6.54 Å². The van der Waals surface area contributed by atoms with E-state index in [4.69, 9.17) is 11.6 Å². The van der Waals surface area contributed by atoms with Crippen LogP contribution in [-0.2, 0) is 6.54 Å². The number of aromatic nitrogens is 1. The molecule has 1 heterocycles. The van der Waals surface area contributed by atoms with E-state index in [1.807, 2.05) is 18.2 Å². The molecule has 16 heavy (non-hydrogen) atoms. The van der Waals surface area contributed by atoms with E-state index < -0.39 is 0 Å². The van der Waals surface area contributed by atoms with E-state index in [1.165, 1.54) is 0 Å². The van der Waals surface area contributed by atoms with Gasteiger partial charge in [0.25, 0.3) is 0 Å². The first kappa shape index (κ1) is 10.8. The first-order chi connectivity index (χ1) is 7.75. The molecule has 0 unspecified atom stereocenters. The predicted molar refractivity (Wildman–Crippen MR) is 64.7 cm³/mol. The number of hydrogen-bond acceptors (Lipinski definition) is 3. The van der Waals surface area contributed by atoms with Crippen LogP contribution in [0.15, 0.2) is 42.6 Å². The smallest absolute Gasteiger partial charge is 0.138 e. The van der Waals surface area contributed by atoms with Crippen LogP contribution in [-0.4, -0.2) is 10.1 Å². The molecule has 2 N–H and O–H groups in total. The van der Waals surface area contributed by atoms with Crippen LogP contribution in [0.25, 0.3) is 0 Å². The van der Waals surface area contributed by atoms with Crippen LogP contribution >= 0.6 is 11.6 Å². The SMILES string of the molecule is Oc1ccc(Cl)cc1NCc1ccccn1.